The zero-order valence-corrected chi connectivity index (χ0v) is 11.3. The minimum Gasteiger partial charge on any atom is -0.369 e. The van der Waals surface area contributed by atoms with E-state index >= 15 is 0 Å². The molecule has 0 aliphatic heterocycles. The van der Waals surface area contributed by atoms with Crippen LogP contribution in [0.3, 0.4) is 0 Å². The summed E-state index contributed by atoms with van der Waals surface area (Å²) >= 11 is 0. The summed E-state index contributed by atoms with van der Waals surface area (Å²) in [7, 11) is 0. The summed E-state index contributed by atoms with van der Waals surface area (Å²) in [5, 5.41) is 3.07. The summed E-state index contributed by atoms with van der Waals surface area (Å²) in [5.74, 6) is 1.42. The molecule has 2 aromatic rings. The van der Waals surface area contributed by atoms with Crippen molar-refractivity contribution in [2.75, 3.05) is 11.9 Å². The number of aromatic nitrogens is 4. The van der Waals surface area contributed by atoms with Crippen molar-refractivity contribution in [3.8, 4) is 0 Å². The first-order valence-electron chi connectivity index (χ1n) is 6.20. The lowest BCUT2D eigenvalue weighted by molar-refractivity contribution is 0.678. The molecule has 2 rings (SSSR count). The maximum atomic E-state index is 11.9. The molecule has 0 atom stereocenters. The minimum atomic E-state index is -0.0671. The SMILES string of the molecule is CCNc1cnc(Cn2c(C)nc(C)cc2=O)cn1. The standard InChI is InChI=1S/C13H17N5O/c1-4-14-12-7-15-11(6-16-12)8-18-10(3)17-9(2)5-13(18)19/h5-7H,4,8H2,1-3H3,(H,14,16). The molecule has 0 fully saturated rings. The second-order valence-electron chi connectivity index (χ2n) is 4.29. The van der Waals surface area contributed by atoms with Gasteiger partial charge in [0.1, 0.15) is 11.6 Å². The molecule has 1 N–H and O–H groups in total. The topological polar surface area (TPSA) is 72.7 Å². The van der Waals surface area contributed by atoms with Gasteiger partial charge in [-0.1, -0.05) is 0 Å². The van der Waals surface area contributed by atoms with Crippen LogP contribution in [0.25, 0.3) is 0 Å². The maximum Gasteiger partial charge on any atom is 0.254 e. The van der Waals surface area contributed by atoms with Gasteiger partial charge in [-0.3, -0.25) is 14.3 Å². The first-order valence-corrected chi connectivity index (χ1v) is 6.20. The van der Waals surface area contributed by atoms with Crippen LogP contribution in [0, 0.1) is 13.8 Å². The highest BCUT2D eigenvalue weighted by Crippen LogP contribution is 2.03. The highest BCUT2D eigenvalue weighted by atomic mass is 16.1. The molecule has 100 valence electrons. The van der Waals surface area contributed by atoms with Gasteiger partial charge in [0, 0.05) is 18.3 Å². The van der Waals surface area contributed by atoms with E-state index in [2.05, 4.69) is 20.3 Å². The van der Waals surface area contributed by atoms with Gasteiger partial charge in [-0.15, -0.1) is 0 Å². The van der Waals surface area contributed by atoms with E-state index < -0.39 is 0 Å². The average Bonchev–Trinajstić information content (AvgIpc) is 2.36. The molecule has 6 nitrogen and oxygen atoms in total. The number of hydrogen-bond acceptors (Lipinski definition) is 5. The first-order chi connectivity index (χ1) is 9.10. The van der Waals surface area contributed by atoms with Gasteiger partial charge in [-0.05, 0) is 20.8 Å². The van der Waals surface area contributed by atoms with E-state index in [0.29, 0.717) is 12.4 Å². The van der Waals surface area contributed by atoms with Crippen molar-refractivity contribution >= 4 is 5.82 Å². The van der Waals surface area contributed by atoms with Gasteiger partial charge in [-0.25, -0.2) is 9.97 Å². The molecule has 0 spiro atoms. The third-order valence-electron chi connectivity index (χ3n) is 2.71. The molecule has 2 aromatic heterocycles. The monoisotopic (exact) mass is 259 g/mol. The Morgan fingerprint density at radius 2 is 2.05 bits per heavy atom. The first kappa shape index (κ1) is 13.2. The number of rotatable bonds is 4. The van der Waals surface area contributed by atoms with Gasteiger partial charge < -0.3 is 5.32 Å². The Balaban J connectivity index is 2.24. The molecule has 0 aromatic carbocycles. The van der Waals surface area contributed by atoms with E-state index in [1.165, 1.54) is 6.07 Å². The molecule has 2 heterocycles. The number of nitrogens with one attached hydrogen (secondary N) is 1. The van der Waals surface area contributed by atoms with Gasteiger partial charge in [0.15, 0.2) is 0 Å². The molecule has 6 heteroatoms. The largest absolute Gasteiger partial charge is 0.369 e. The Kier molecular flexibility index (Phi) is 3.89. The number of hydrogen-bond donors (Lipinski definition) is 1. The smallest absolute Gasteiger partial charge is 0.254 e. The van der Waals surface area contributed by atoms with E-state index in [1.807, 2.05) is 20.8 Å². The fourth-order valence-corrected chi connectivity index (χ4v) is 1.83. The molecule has 0 amide bonds. The third-order valence-corrected chi connectivity index (χ3v) is 2.71. The molecule has 0 aliphatic carbocycles. The van der Waals surface area contributed by atoms with Crippen LogP contribution in [0.15, 0.2) is 23.3 Å². The van der Waals surface area contributed by atoms with Crippen molar-refractivity contribution in [1.82, 2.24) is 19.5 Å². The molecule has 0 saturated carbocycles. The second kappa shape index (κ2) is 5.60. The lowest BCUT2D eigenvalue weighted by Gasteiger charge is -2.09. The molecular weight excluding hydrogens is 242 g/mol. The second-order valence-corrected chi connectivity index (χ2v) is 4.29. The van der Waals surface area contributed by atoms with Crippen molar-refractivity contribution in [1.29, 1.82) is 0 Å². The van der Waals surface area contributed by atoms with Crippen LogP contribution in [0.1, 0.15) is 24.1 Å². The predicted molar refractivity (Wildman–Crippen MR) is 73.3 cm³/mol. The van der Waals surface area contributed by atoms with Gasteiger partial charge in [0.05, 0.1) is 24.6 Å². The fourth-order valence-electron chi connectivity index (χ4n) is 1.83. The van der Waals surface area contributed by atoms with Crippen LogP contribution in [-0.4, -0.2) is 26.1 Å². The Hall–Kier alpha value is -2.24. The number of aryl methyl sites for hydroxylation is 2. The molecule has 0 unspecified atom stereocenters. The van der Waals surface area contributed by atoms with E-state index in [9.17, 15) is 4.79 Å². The van der Waals surface area contributed by atoms with E-state index in [4.69, 9.17) is 0 Å². The summed E-state index contributed by atoms with van der Waals surface area (Å²) in [5.41, 5.74) is 1.40. The number of anilines is 1. The average molecular weight is 259 g/mol. The molecule has 0 saturated heterocycles. The van der Waals surface area contributed by atoms with Crippen LogP contribution < -0.4 is 10.9 Å². The van der Waals surface area contributed by atoms with Crippen LogP contribution in [0.5, 0.6) is 0 Å². The van der Waals surface area contributed by atoms with Gasteiger partial charge in [0.2, 0.25) is 0 Å². The minimum absolute atomic E-state index is 0.0671. The Morgan fingerprint density at radius 1 is 1.26 bits per heavy atom. The van der Waals surface area contributed by atoms with E-state index in [1.54, 1.807) is 17.0 Å². The quantitative estimate of drug-likeness (QED) is 0.891. The molecular formula is C13H17N5O. The lowest BCUT2D eigenvalue weighted by atomic mass is 10.4. The molecule has 0 radical (unpaired) electrons. The molecule has 0 bridgehead atoms. The van der Waals surface area contributed by atoms with Crippen LogP contribution in [0.2, 0.25) is 0 Å². The molecule has 19 heavy (non-hydrogen) atoms. The van der Waals surface area contributed by atoms with Crippen LogP contribution in [-0.2, 0) is 6.54 Å². The van der Waals surface area contributed by atoms with Crippen molar-refractivity contribution in [2.24, 2.45) is 0 Å². The highest BCUT2D eigenvalue weighted by molar-refractivity contribution is 5.30. The van der Waals surface area contributed by atoms with Gasteiger partial charge in [-0.2, -0.15) is 0 Å². The summed E-state index contributed by atoms with van der Waals surface area (Å²) in [4.78, 5) is 24.7. The summed E-state index contributed by atoms with van der Waals surface area (Å²) in [6.45, 7) is 6.81. The van der Waals surface area contributed by atoms with Crippen LogP contribution >= 0.6 is 0 Å². The van der Waals surface area contributed by atoms with Crippen molar-refractivity contribution in [2.45, 2.75) is 27.3 Å². The summed E-state index contributed by atoms with van der Waals surface area (Å²) in [6, 6.07) is 1.52. The highest BCUT2D eigenvalue weighted by Gasteiger charge is 2.05. The zero-order valence-electron chi connectivity index (χ0n) is 11.3. The zero-order chi connectivity index (χ0) is 13.8. The summed E-state index contributed by atoms with van der Waals surface area (Å²) in [6.07, 6.45) is 3.34. The normalized spacial score (nSPS) is 10.5. The van der Waals surface area contributed by atoms with Crippen molar-refractivity contribution in [3.05, 3.63) is 46.0 Å². The summed E-state index contributed by atoms with van der Waals surface area (Å²) < 4.78 is 1.59. The lowest BCUT2D eigenvalue weighted by Crippen LogP contribution is -2.24. The van der Waals surface area contributed by atoms with Crippen molar-refractivity contribution < 1.29 is 0 Å². The van der Waals surface area contributed by atoms with E-state index in [-0.39, 0.29) is 5.56 Å². The van der Waals surface area contributed by atoms with Crippen LogP contribution in [0.4, 0.5) is 5.82 Å². The third kappa shape index (κ3) is 3.15. The number of nitrogens with zero attached hydrogens (tertiary/aromatic N) is 4. The fraction of sp³-hybridized carbons (Fsp3) is 0.385. The van der Waals surface area contributed by atoms with Gasteiger partial charge >= 0.3 is 0 Å². The Morgan fingerprint density at radius 3 is 2.63 bits per heavy atom. The Labute approximate surface area is 111 Å². The van der Waals surface area contributed by atoms with E-state index in [0.717, 1.165) is 23.8 Å². The maximum absolute atomic E-state index is 11.9. The van der Waals surface area contributed by atoms with Gasteiger partial charge in [0.25, 0.3) is 5.56 Å². The molecule has 0 aliphatic rings. The predicted octanol–water partition coefficient (Wildman–Crippen LogP) is 1.13. The van der Waals surface area contributed by atoms with Crippen molar-refractivity contribution in [3.63, 3.8) is 0 Å². The Bertz CT molecular complexity index is 618.